The number of carbonyl (C=O) groups is 1. The summed E-state index contributed by atoms with van der Waals surface area (Å²) in [7, 11) is 0. The zero-order chi connectivity index (χ0) is 19.6. The van der Waals surface area contributed by atoms with E-state index in [-0.39, 0.29) is 17.8 Å². The molecule has 1 amide bonds. The van der Waals surface area contributed by atoms with Gasteiger partial charge in [0.15, 0.2) is 5.65 Å². The Hall–Kier alpha value is -3.16. The Kier molecular flexibility index (Phi) is 3.44. The number of aromatic nitrogens is 3. The molecular weight excluding hydrogens is 361 g/mol. The largest absolute Gasteiger partial charge is 0.485 e. The predicted molar refractivity (Wildman–Crippen MR) is 101 cm³/mol. The molecule has 2 aliphatic rings. The van der Waals surface area contributed by atoms with Crippen molar-refractivity contribution < 1.29 is 13.9 Å². The van der Waals surface area contributed by atoms with E-state index in [4.69, 9.17) is 4.74 Å². The molecular formula is C20H20FN5O2. The van der Waals surface area contributed by atoms with E-state index >= 15 is 0 Å². The lowest BCUT2D eigenvalue weighted by molar-refractivity contribution is 0.0839. The third-order valence-corrected chi connectivity index (χ3v) is 5.55. The SMILES string of the molecule is Cc1c(F)cc2c3c1[C@@H](C)Nc1ccn4ncc(c4n1)C(=O)NC[C@@](C)(C2)O3. The minimum atomic E-state index is -0.654. The summed E-state index contributed by atoms with van der Waals surface area (Å²) in [5, 5.41) is 10.4. The smallest absolute Gasteiger partial charge is 0.256 e. The van der Waals surface area contributed by atoms with Gasteiger partial charge in [0.25, 0.3) is 5.91 Å². The maximum Gasteiger partial charge on any atom is 0.256 e. The fourth-order valence-electron chi connectivity index (χ4n) is 4.12. The van der Waals surface area contributed by atoms with E-state index in [0.29, 0.717) is 41.3 Å². The fourth-order valence-corrected chi connectivity index (χ4v) is 4.12. The predicted octanol–water partition coefficient (Wildman–Crippen LogP) is 2.79. The maximum absolute atomic E-state index is 14.6. The lowest BCUT2D eigenvalue weighted by Crippen LogP contribution is -2.44. The number of nitrogens with zero attached hydrogens (tertiary/aromatic N) is 3. The van der Waals surface area contributed by atoms with Crippen LogP contribution in [0, 0.1) is 12.7 Å². The van der Waals surface area contributed by atoms with Crippen LogP contribution in [-0.2, 0) is 6.42 Å². The fraction of sp³-hybridized carbons (Fsp3) is 0.350. The number of hydrogen-bond donors (Lipinski definition) is 2. The number of halogens is 1. The first-order valence-corrected chi connectivity index (χ1v) is 9.25. The highest BCUT2D eigenvalue weighted by molar-refractivity contribution is 5.99. The van der Waals surface area contributed by atoms with Crippen LogP contribution in [0.2, 0.25) is 0 Å². The average Bonchev–Trinajstić information content (AvgIpc) is 3.20. The van der Waals surface area contributed by atoms with E-state index in [1.807, 2.05) is 13.8 Å². The summed E-state index contributed by atoms with van der Waals surface area (Å²) in [4.78, 5) is 17.3. The normalized spacial score (nSPS) is 23.4. The van der Waals surface area contributed by atoms with E-state index in [2.05, 4.69) is 20.7 Å². The summed E-state index contributed by atoms with van der Waals surface area (Å²) < 4.78 is 22.5. The number of ether oxygens (including phenoxy) is 1. The van der Waals surface area contributed by atoms with Gasteiger partial charge in [0.2, 0.25) is 0 Å². The third-order valence-electron chi connectivity index (χ3n) is 5.55. The number of benzene rings is 1. The molecule has 1 aromatic carbocycles. The van der Waals surface area contributed by atoms with Crippen molar-refractivity contribution in [3.8, 4) is 5.75 Å². The highest BCUT2D eigenvalue weighted by atomic mass is 19.1. The van der Waals surface area contributed by atoms with Crippen molar-refractivity contribution in [2.24, 2.45) is 0 Å². The lowest BCUT2D eigenvalue weighted by atomic mass is 9.94. The molecule has 0 fully saturated rings. The van der Waals surface area contributed by atoms with Crippen molar-refractivity contribution in [2.75, 3.05) is 11.9 Å². The van der Waals surface area contributed by atoms with Gasteiger partial charge in [-0.1, -0.05) is 0 Å². The number of fused-ring (bicyclic) bond motifs is 2. The van der Waals surface area contributed by atoms with Crippen molar-refractivity contribution >= 4 is 17.4 Å². The second-order valence-electron chi connectivity index (χ2n) is 7.80. The molecule has 2 N–H and O–H groups in total. The molecule has 0 saturated heterocycles. The van der Waals surface area contributed by atoms with Crippen LogP contribution in [0.5, 0.6) is 5.75 Å². The summed E-state index contributed by atoms with van der Waals surface area (Å²) >= 11 is 0. The Balaban J connectivity index is 1.70. The highest BCUT2D eigenvalue weighted by Gasteiger charge is 2.39. The monoisotopic (exact) mass is 381 g/mol. The Morgan fingerprint density at radius 2 is 2.25 bits per heavy atom. The van der Waals surface area contributed by atoms with Crippen molar-refractivity contribution in [2.45, 2.75) is 38.8 Å². The zero-order valence-corrected chi connectivity index (χ0v) is 15.8. The average molecular weight is 381 g/mol. The Morgan fingerprint density at radius 1 is 1.43 bits per heavy atom. The van der Waals surface area contributed by atoms with Gasteiger partial charge in [-0.3, -0.25) is 4.79 Å². The van der Waals surface area contributed by atoms with E-state index in [1.165, 1.54) is 6.20 Å². The maximum atomic E-state index is 14.6. The molecule has 2 atom stereocenters. The van der Waals surface area contributed by atoms with Gasteiger partial charge in [-0.15, -0.1) is 0 Å². The molecule has 0 aliphatic carbocycles. The first kappa shape index (κ1) is 17.0. The summed E-state index contributed by atoms with van der Waals surface area (Å²) in [6, 6.07) is 3.08. The standard InChI is InChI=1S/C20H20FN5O2/c1-10-14(21)6-12-7-20(3)9-22-19(27)13-8-23-26-5-4-15(25-18(13)26)24-11(2)16(10)17(12)28-20/h4-6,8,11H,7,9H2,1-3H3,(H,22,27)(H,24,25)/t11-,20-/m1/s1. The van der Waals surface area contributed by atoms with Gasteiger partial charge in [-0.2, -0.15) is 5.10 Å². The van der Waals surface area contributed by atoms with Crippen LogP contribution in [0.15, 0.2) is 24.5 Å². The second kappa shape index (κ2) is 5.67. The quantitative estimate of drug-likeness (QED) is 0.626. The number of nitrogens with one attached hydrogen (secondary N) is 2. The van der Waals surface area contributed by atoms with Gasteiger partial charge in [-0.05, 0) is 38.5 Å². The van der Waals surface area contributed by atoms with Crippen LogP contribution < -0.4 is 15.4 Å². The lowest BCUT2D eigenvalue weighted by Gasteiger charge is -2.26. The number of carbonyl (C=O) groups excluding carboxylic acids is 1. The molecule has 4 heterocycles. The first-order chi connectivity index (χ1) is 13.3. The summed E-state index contributed by atoms with van der Waals surface area (Å²) in [5.41, 5.74) is 2.35. The number of anilines is 1. The van der Waals surface area contributed by atoms with E-state index in [0.717, 1.165) is 11.1 Å². The summed E-state index contributed by atoms with van der Waals surface area (Å²) in [6.45, 7) is 5.92. The first-order valence-electron chi connectivity index (χ1n) is 9.25. The summed E-state index contributed by atoms with van der Waals surface area (Å²) in [6.07, 6.45) is 3.77. The third kappa shape index (κ3) is 2.44. The minimum Gasteiger partial charge on any atom is -0.485 e. The van der Waals surface area contributed by atoms with Crippen LogP contribution in [0.3, 0.4) is 0 Å². The van der Waals surface area contributed by atoms with Crippen molar-refractivity contribution in [3.05, 3.63) is 52.6 Å². The molecule has 3 aromatic rings. The molecule has 2 aliphatic heterocycles. The Morgan fingerprint density at radius 3 is 3.07 bits per heavy atom. The van der Waals surface area contributed by atoms with Gasteiger partial charge < -0.3 is 15.4 Å². The molecule has 0 unspecified atom stereocenters. The van der Waals surface area contributed by atoms with Crippen molar-refractivity contribution in [3.63, 3.8) is 0 Å². The molecule has 0 saturated carbocycles. The van der Waals surface area contributed by atoms with Crippen LogP contribution in [0.1, 0.15) is 46.9 Å². The van der Waals surface area contributed by atoms with E-state index in [1.54, 1.807) is 29.8 Å². The van der Waals surface area contributed by atoms with Gasteiger partial charge >= 0.3 is 0 Å². The van der Waals surface area contributed by atoms with Crippen molar-refractivity contribution in [1.82, 2.24) is 19.9 Å². The topological polar surface area (TPSA) is 80.5 Å². The molecule has 4 bridgehead atoms. The van der Waals surface area contributed by atoms with Crippen LogP contribution in [0.4, 0.5) is 10.2 Å². The molecule has 0 spiro atoms. The highest BCUT2D eigenvalue weighted by Crippen LogP contribution is 2.43. The van der Waals surface area contributed by atoms with Gasteiger partial charge in [0.05, 0.1) is 18.8 Å². The second-order valence-corrected chi connectivity index (χ2v) is 7.80. The molecule has 5 rings (SSSR count). The van der Waals surface area contributed by atoms with Gasteiger partial charge in [0.1, 0.15) is 28.5 Å². The van der Waals surface area contributed by atoms with Crippen LogP contribution in [-0.4, -0.2) is 32.7 Å². The molecule has 0 radical (unpaired) electrons. The van der Waals surface area contributed by atoms with Crippen molar-refractivity contribution in [1.29, 1.82) is 0 Å². The Labute approximate surface area is 160 Å². The van der Waals surface area contributed by atoms with Gasteiger partial charge in [-0.25, -0.2) is 13.9 Å². The minimum absolute atomic E-state index is 0.238. The van der Waals surface area contributed by atoms with E-state index < -0.39 is 5.60 Å². The van der Waals surface area contributed by atoms with E-state index in [9.17, 15) is 9.18 Å². The number of hydrogen-bond acceptors (Lipinski definition) is 5. The number of amides is 1. The molecule has 144 valence electrons. The van der Waals surface area contributed by atoms with Crippen LogP contribution in [0.25, 0.3) is 5.65 Å². The molecule has 2 aromatic heterocycles. The van der Waals surface area contributed by atoms with Crippen LogP contribution >= 0.6 is 0 Å². The molecule has 7 nitrogen and oxygen atoms in total. The van der Waals surface area contributed by atoms with Gasteiger partial charge in [0, 0.05) is 23.7 Å². The summed E-state index contributed by atoms with van der Waals surface area (Å²) in [5.74, 6) is 0.745. The molecule has 28 heavy (non-hydrogen) atoms. The number of rotatable bonds is 0. The molecule has 8 heteroatoms. The zero-order valence-electron chi connectivity index (χ0n) is 15.8. The Bertz CT molecular complexity index is 1140.